The molecule has 0 fully saturated rings. The summed E-state index contributed by atoms with van der Waals surface area (Å²) in [7, 11) is 0. The predicted octanol–water partition coefficient (Wildman–Crippen LogP) is 14.3. The highest BCUT2D eigenvalue weighted by molar-refractivity contribution is 7.00. The van der Waals surface area contributed by atoms with Gasteiger partial charge >= 0.3 is 0 Å². The molecule has 2 heterocycles. The molecule has 0 spiro atoms. The molecule has 318 valence electrons. The van der Waals surface area contributed by atoms with Gasteiger partial charge in [0, 0.05) is 39.5 Å². The minimum Gasteiger partial charge on any atom is -0.311 e. The topological polar surface area (TPSA) is 6.48 Å². The lowest BCUT2D eigenvalue weighted by Crippen LogP contribution is -2.61. The van der Waals surface area contributed by atoms with Gasteiger partial charge in [0.05, 0.1) is 0 Å². The summed E-state index contributed by atoms with van der Waals surface area (Å²) in [5, 5.41) is 0. The molecule has 7 aromatic rings. The second-order valence-corrected chi connectivity index (χ2v) is 22.5. The molecule has 0 radical (unpaired) electrons. The van der Waals surface area contributed by atoms with E-state index in [-0.39, 0.29) is 28.4 Å². The lowest BCUT2D eigenvalue weighted by molar-refractivity contribution is 0.589. The second-order valence-electron chi connectivity index (χ2n) is 22.5. The molecule has 0 aromatic heterocycles. The molecule has 3 heteroatoms. The summed E-state index contributed by atoms with van der Waals surface area (Å²) < 4.78 is 0. The fraction of sp³-hybridized carbons (Fsp3) is 0.300. The zero-order valence-electron chi connectivity index (χ0n) is 40.0. The van der Waals surface area contributed by atoms with Gasteiger partial charge in [-0.2, -0.15) is 0 Å². The van der Waals surface area contributed by atoms with E-state index in [1.165, 1.54) is 89.5 Å². The maximum atomic E-state index is 2.62. The Morgan fingerprint density at radius 1 is 0.302 bits per heavy atom. The summed E-state index contributed by atoms with van der Waals surface area (Å²) >= 11 is 0. The summed E-state index contributed by atoms with van der Waals surface area (Å²) in [5.74, 6) is 0. The first-order chi connectivity index (χ1) is 29.7. The first-order valence-corrected chi connectivity index (χ1v) is 23.1. The lowest BCUT2D eigenvalue weighted by Gasteiger charge is -2.46. The highest BCUT2D eigenvalue weighted by Crippen LogP contribution is 2.50. The van der Waals surface area contributed by atoms with Gasteiger partial charge in [-0.15, -0.1) is 0 Å². The zero-order chi connectivity index (χ0) is 44.9. The number of rotatable bonds is 5. The molecule has 9 rings (SSSR count). The molecule has 2 aliphatic heterocycles. The zero-order valence-corrected chi connectivity index (χ0v) is 40.0. The van der Waals surface area contributed by atoms with Gasteiger partial charge in [-0.25, -0.2) is 0 Å². The van der Waals surface area contributed by atoms with Crippen molar-refractivity contribution < 1.29 is 0 Å². The van der Waals surface area contributed by atoms with E-state index >= 15 is 0 Å². The number of hydrogen-bond acceptors (Lipinski definition) is 2. The lowest BCUT2D eigenvalue weighted by atomic mass is 9.33. The Labute approximate surface area is 379 Å². The number of anilines is 6. The van der Waals surface area contributed by atoms with Crippen molar-refractivity contribution in [3.8, 4) is 0 Å². The molecule has 63 heavy (non-hydrogen) atoms. The van der Waals surface area contributed by atoms with E-state index in [4.69, 9.17) is 0 Å². The van der Waals surface area contributed by atoms with E-state index < -0.39 is 5.41 Å². The number of hydrogen-bond donors (Lipinski definition) is 0. The molecule has 0 amide bonds. The van der Waals surface area contributed by atoms with E-state index in [2.05, 4.69) is 258 Å². The van der Waals surface area contributed by atoms with Crippen LogP contribution in [0, 0.1) is 0 Å². The standard InChI is InChI=1S/C60H65BN2/c1-56(2,3)40-27-31-47(32-28-40)62-51-34-30-44(58(7,8)9)36-50(51)61-49-33-29-45(59(10,11)12)37-52(49)63(48-26-20-25-43(35-48)57(4,5)6)54-39-46(38-53(62)55(54)61)60(13,41-21-16-14-17-22-41)42-23-18-15-19-24-42/h14-39H,1-13H3. The minimum absolute atomic E-state index is 0.0113. The smallest absolute Gasteiger partial charge is 0.252 e. The third-order valence-corrected chi connectivity index (χ3v) is 14.0. The fourth-order valence-electron chi connectivity index (χ4n) is 10.0. The Kier molecular flexibility index (Phi) is 10.1. The summed E-state index contributed by atoms with van der Waals surface area (Å²) in [6, 6.07) is 60.8. The average Bonchev–Trinajstić information content (AvgIpc) is 3.25. The van der Waals surface area contributed by atoms with E-state index in [1.54, 1.807) is 0 Å². The molecule has 0 N–H and O–H groups in total. The van der Waals surface area contributed by atoms with E-state index in [0.717, 1.165) is 0 Å². The molecule has 0 saturated heterocycles. The Morgan fingerprint density at radius 2 is 0.746 bits per heavy atom. The van der Waals surface area contributed by atoms with Gasteiger partial charge in [0.1, 0.15) is 0 Å². The van der Waals surface area contributed by atoms with Gasteiger partial charge < -0.3 is 9.80 Å². The van der Waals surface area contributed by atoms with Crippen molar-refractivity contribution in [1.82, 2.24) is 0 Å². The third-order valence-electron chi connectivity index (χ3n) is 14.0. The normalized spacial score (nSPS) is 14.0. The summed E-state index contributed by atoms with van der Waals surface area (Å²) in [6.45, 7) is 30.4. The van der Waals surface area contributed by atoms with Gasteiger partial charge in [0.25, 0.3) is 6.71 Å². The highest BCUT2D eigenvalue weighted by Gasteiger charge is 2.46. The van der Waals surface area contributed by atoms with Crippen LogP contribution in [-0.4, -0.2) is 6.71 Å². The second kappa shape index (κ2) is 14.9. The van der Waals surface area contributed by atoms with Crippen LogP contribution in [0.15, 0.2) is 158 Å². The fourth-order valence-corrected chi connectivity index (χ4v) is 10.0. The van der Waals surface area contributed by atoms with Crippen LogP contribution in [0.3, 0.4) is 0 Å². The average molecular weight is 825 g/mol. The van der Waals surface area contributed by atoms with Crippen molar-refractivity contribution in [3.63, 3.8) is 0 Å². The van der Waals surface area contributed by atoms with Crippen LogP contribution in [0.25, 0.3) is 0 Å². The van der Waals surface area contributed by atoms with Gasteiger partial charge in [-0.3, -0.25) is 0 Å². The summed E-state index contributed by atoms with van der Waals surface area (Å²) in [4.78, 5) is 5.20. The molecule has 0 saturated carbocycles. The van der Waals surface area contributed by atoms with Crippen molar-refractivity contribution in [2.45, 2.75) is 117 Å². The maximum absolute atomic E-state index is 2.62. The van der Waals surface area contributed by atoms with Crippen LogP contribution in [0.2, 0.25) is 0 Å². The van der Waals surface area contributed by atoms with Crippen molar-refractivity contribution in [3.05, 3.63) is 197 Å². The van der Waals surface area contributed by atoms with Crippen LogP contribution in [0.5, 0.6) is 0 Å². The van der Waals surface area contributed by atoms with Crippen LogP contribution in [0.4, 0.5) is 34.1 Å². The first-order valence-electron chi connectivity index (χ1n) is 23.1. The van der Waals surface area contributed by atoms with Gasteiger partial charge in [-0.1, -0.05) is 192 Å². The van der Waals surface area contributed by atoms with Crippen molar-refractivity contribution in [2.24, 2.45) is 0 Å². The molecule has 2 nitrogen and oxygen atoms in total. The van der Waals surface area contributed by atoms with Crippen LogP contribution in [0.1, 0.15) is 129 Å². The highest BCUT2D eigenvalue weighted by atomic mass is 15.2. The molecule has 0 aliphatic carbocycles. The third kappa shape index (κ3) is 7.32. The summed E-state index contributed by atoms with van der Waals surface area (Å²) in [6.07, 6.45) is 0. The van der Waals surface area contributed by atoms with E-state index in [1.807, 2.05) is 0 Å². The molecular weight excluding hydrogens is 759 g/mol. The predicted molar refractivity (Wildman–Crippen MR) is 274 cm³/mol. The molecule has 7 aromatic carbocycles. The Morgan fingerprint density at radius 3 is 1.29 bits per heavy atom. The van der Waals surface area contributed by atoms with E-state index in [9.17, 15) is 0 Å². The minimum atomic E-state index is -0.478. The molecule has 0 bridgehead atoms. The van der Waals surface area contributed by atoms with E-state index in [0.29, 0.717) is 0 Å². The number of nitrogens with zero attached hydrogens (tertiary/aromatic N) is 2. The molecule has 2 aliphatic rings. The number of fused-ring (bicyclic) bond motifs is 4. The van der Waals surface area contributed by atoms with Crippen LogP contribution in [-0.2, 0) is 27.1 Å². The van der Waals surface area contributed by atoms with Gasteiger partial charge in [0.15, 0.2) is 0 Å². The Balaban J connectivity index is 1.46. The molecular formula is C60H65BN2. The van der Waals surface area contributed by atoms with Crippen molar-refractivity contribution >= 4 is 57.2 Å². The van der Waals surface area contributed by atoms with Crippen LogP contribution >= 0.6 is 0 Å². The maximum Gasteiger partial charge on any atom is 0.252 e. The largest absolute Gasteiger partial charge is 0.311 e. The first kappa shape index (κ1) is 42.5. The Hall–Kier alpha value is -5.80. The van der Waals surface area contributed by atoms with Crippen molar-refractivity contribution in [1.29, 1.82) is 0 Å². The van der Waals surface area contributed by atoms with Crippen LogP contribution < -0.4 is 26.2 Å². The van der Waals surface area contributed by atoms with Crippen molar-refractivity contribution in [2.75, 3.05) is 9.80 Å². The monoisotopic (exact) mass is 825 g/mol. The van der Waals surface area contributed by atoms with Gasteiger partial charge in [0.2, 0.25) is 0 Å². The Bertz CT molecular complexity index is 2790. The summed E-state index contributed by atoms with van der Waals surface area (Å²) in [5.41, 5.74) is 19.9. The SMILES string of the molecule is CC(C)(C)c1ccc(N2c3ccc(C(C)(C)C)cc3B3c4ccc(C(C)(C)C)cc4N(c4cccc(C(C)(C)C)c4)c4cc(C(C)(c5ccccc5)c5ccccc5)cc2c43)cc1. The van der Waals surface area contributed by atoms with Gasteiger partial charge in [-0.05, 0) is 132 Å². The quantitative estimate of drug-likeness (QED) is 0.126. The number of benzene rings is 7. The molecule has 0 unspecified atom stereocenters. The molecule has 0 atom stereocenters.